The molecular formula is C11H14N2O4. The van der Waals surface area contributed by atoms with Crippen LogP contribution in [0.3, 0.4) is 0 Å². The zero-order chi connectivity index (χ0) is 13.0. The lowest BCUT2D eigenvalue weighted by Gasteiger charge is -2.10. The molecular weight excluding hydrogens is 224 g/mol. The predicted octanol–water partition coefficient (Wildman–Crippen LogP) is 0.0711. The summed E-state index contributed by atoms with van der Waals surface area (Å²) in [4.78, 5) is 33.8. The van der Waals surface area contributed by atoms with Gasteiger partial charge in [-0.25, -0.2) is 4.79 Å². The van der Waals surface area contributed by atoms with Crippen LogP contribution in [0.4, 0.5) is 0 Å². The van der Waals surface area contributed by atoms with Gasteiger partial charge in [-0.05, 0) is 26.0 Å². The van der Waals surface area contributed by atoms with Crippen molar-refractivity contribution in [3.8, 4) is 0 Å². The van der Waals surface area contributed by atoms with Crippen LogP contribution in [0.25, 0.3) is 0 Å². The van der Waals surface area contributed by atoms with Gasteiger partial charge >= 0.3 is 5.97 Å². The van der Waals surface area contributed by atoms with Gasteiger partial charge in [0.15, 0.2) is 0 Å². The van der Waals surface area contributed by atoms with Crippen LogP contribution in [-0.2, 0) is 11.3 Å². The van der Waals surface area contributed by atoms with Gasteiger partial charge in [0.05, 0.1) is 0 Å². The minimum absolute atomic E-state index is 0.0270. The summed E-state index contributed by atoms with van der Waals surface area (Å²) >= 11 is 0. The number of pyridine rings is 1. The maximum Gasteiger partial charge on any atom is 0.341 e. The number of carboxylic acids is 1. The third-order valence-electron chi connectivity index (χ3n) is 2.01. The van der Waals surface area contributed by atoms with Gasteiger partial charge in [0.1, 0.15) is 12.1 Å². The molecule has 1 amide bonds. The molecule has 2 N–H and O–H groups in total. The number of hydrogen-bond acceptors (Lipinski definition) is 3. The summed E-state index contributed by atoms with van der Waals surface area (Å²) in [6.45, 7) is 3.42. The molecule has 0 aromatic carbocycles. The Morgan fingerprint density at radius 1 is 1.47 bits per heavy atom. The Balaban J connectivity index is 2.93. The van der Waals surface area contributed by atoms with E-state index in [9.17, 15) is 14.4 Å². The van der Waals surface area contributed by atoms with Crippen molar-refractivity contribution in [1.82, 2.24) is 9.88 Å². The second-order valence-corrected chi connectivity index (χ2v) is 3.88. The van der Waals surface area contributed by atoms with Gasteiger partial charge in [-0.3, -0.25) is 9.59 Å². The van der Waals surface area contributed by atoms with Crippen LogP contribution in [0.5, 0.6) is 0 Å². The van der Waals surface area contributed by atoms with Gasteiger partial charge in [-0.15, -0.1) is 0 Å². The van der Waals surface area contributed by atoms with Crippen molar-refractivity contribution in [3.63, 3.8) is 0 Å². The number of hydrogen-bond donors (Lipinski definition) is 2. The molecule has 0 aliphatic heterocycles. The molecule has 0 saturated heterocycles. The molecule has 0 aliphatic rings. The lowest BCUT2D eigenvalue weighted by atomic mass is 10.3. The van der Waals surface area contributed by atoms with Crippen molar-refractivity contribution in [3.05, 3.63) is 34.2 Å². The summed E-state index contributed by atoms with van der Waals surface area (Å²) in [6, 6.07) is 2.61. The molecule has 0 atom stereocenters. The molecule has 0 bridgehead atoms. The molecule has 0 radical (unpaired) electrons. The Bertz CT molecular complexity index is 490. The van der Waals surface area contributed by atoms with Gasteiger partial charge in [-0.2, -0.15) is 0 Å². The third-order valence-corrected chi connectivity index (χ3v) is 2.01. The average molecular weight is 238 g/mol. The van der Waals surface area contributed by atoms with Gasteiger partial charge in [0.25, 0.3) is 5.56 Å². The highest BCUT2D eigenvalue weighted by molar-refractivity contribution is 5.87. The molecule has 1 aromatic heterocycles. The van der Waals surface area contributed by atoms with Crippen LogP contribution in [0.2, 0.25) is 0 Å². The van der Waals surface area contributed by atoms with Gasteiger partial charge in [0, 0.05) is 12.2 Å². The highest BCUT2D eigenvalue weighted by Crippen LogP contribution is 1.92. The lowest BCUT2D eigenvalue weighted by molar-refractivity contribution is -0.122. The number of rotatable bonds is 4. The second kappa shape index (κ2) is 5.29. The molecule has 6 nitrogen and oxygen atoms in total. The standard InChI is InChI=1S/C11H14N2O4/c1-7(2)12-9(14)6-13-5-3-4-8(10(13)15)11(16)17/h3-5,7H,6H2,1-2H3,(H,12,14)(H,16,17). The molecule has 0 saturated carbocycles. The third kappa shape index (κ3) is 3.44. The van der Waals surface area contributed by atoms with Crippen molar-refractivity contribution in [2.75, 3.05) is 0 Å². The van der Waals surface area contributed by atoms with E-state index in [0.29, 0.717) is 0 Å². The number of nitrogens with one attached hydrogen (secondary N) is 1. The van der Waals surface area contributed by atoms with Crippen molar-refractivity contribution in [2.24, 2.45) is 0 Å². The summed E-state index contributed by atoms with van der Waals surface area (Å²) < 4.78 is 1.07. The van der Waals surface area contributed by atoms with Crippen molar-refractivity contribution in [2.45, 2.75) is 26.4 Å². The van der Waals surface area contributed by atoms with Gasteiger partial charge in [-0.1, -0.05) is 0 Å². The largest absolute Gasteiger partial charge is 0.477 e. The summed E-state index contributed by atoms with van der Waals surface area (Å²) in [6.07, 6.45) is 1.38. The van der Waals surface area contributed by atoms with E-state index in [1.807, 2.05) is 0 Å². The zero-order valence-electron chi connectivity index (χ0n) is 9.64. The molecule has 0 spiro atoms. The minimum atomic E-state index is -1.30. The van der Waals surface area contributed by atoms with E-state index in [4.69, 9.17) is 5.11 Å². The second-order valence-electron chi connectivity index (χ2n) is 3.88. The number of carbonyl (C=O) groups is 2. The highest BCUT2D eigenvalue weighted by Gasteiger charge is 2.12. The van der Waals surface area contributed by atoms with E-state index in [-0.39, 0.29) is 24.1 Å². The van der Waals surface area contributed by atoms with Crippen LogP contribution in [0, 0.1) is 0 Å². The summed E-state index contributed by atoms with van der Waals surface area (Å²) in [7, 11) is 0. The molecule has 1 heterocycles. The van der Waals surface area contributed by atoms with E-state index >= 15 is 0 Å². The van der Waals surface area contributed by atoms with E-state index in [1.165, 1.54) is 18.3 Å². The van der Waals surface area contributed by atoms with Crippen molar-refractivity contribution >= 4 is 11.9 Å². The van der Waals surface area contributed by atoms with Gasteiger partial charge < -0.3 is 15.0 Å². The van der Waals surface area contributed by atoms with E-state index in [1.54, 1.807) is 13.8 Å². The van der Waals surface area contributed by atoms with Crippen LogP contribution < -0.4 is 10.9 Å². The predicted molar refractivity (Wildman–Crippen MR) is 60.9 cm³/mol. The first-order valence-corrected chi connectivity index (χ1v) is 5.14. The number of carbonyl (C=O) groups excluding carboxylic acids is 1. The van der Waals surface area contributed by atoms with Crippen molar-refractivity contribution < 1.29 is 14.7 Å². The smallest absolute Gasteiger partial charge is 0.341 e. The van der Waals surface area contributed by atoms with Crippen LogP contribution in [0.15, 0.2) is 23.1 Å². The van der Waals surface area contributed by atoms with E-state index in [0.717, 1.165) is 4.57 Å². The maximum atomic E-state index is 11.6. The molecule has 0 aliphatic carbocycles. The molecule has 1 aromatic rings. The van der Waals surface area contributed by atoms with Crippen LogP contribution in [-0.4, -0.2) is 27.6 Å². The zero-order valence-corrected chi connectivity index (χ0v) is 9.64. The van der Waals surface area contributed by atoms with Crippen LogP contribution in [0.1, 0.15) is 24.2 Å². The van der Waals surface area contributed by atoms with Crippen molar-refractivity contribution in [1.29, 1.82) is 0 Å². The SMILES string of the molecule is CC(C)NC(=O)Cn1cccc(C(=O)O)c1=O. The summed E-state index contributed by atoms with van der Waals surface area (Å²) in [5.74, 6) is -1.63. The Morgan fingerprint density at radius 2 is 2.12 bits per heavy atom. The molecule has 0 fully saturated rings. The number of aromatic carboxylic acids is 1. The summed E-state index contributed by atoms with van der Waals surface area (Å²) in [5, 5.41) is 11.4. The Hall–Kier alpha value is -2.11. The Kier molecular flexibility index (Phi) is 4.03. The average Bonchev–Trinajstić information content (AvgIpc) is 2.19. The van der Waals surface area contributed by atoms with Gasteiger partial charge in [0.2, 0.25) is 5.91 Å². The lowest BCUT2D eigenvalue weighted by Crippen LogP contribution is -2.36. The number of amides is 1. The fourth-order valence-electron chi connectivity index (χ4n) is 1.35. The van der Waals surface area contributed by atoms with E-state index in [2.05, 4.69) is 5.32 Å². The molecule has 17 heavy (non-hydrogen) atoms. The fraction of sp³-hybridized carbons (Fsp3) is 0.364. The quantitative estimate of drug-likeness (QED) is 0.777. The number of aromatic nitrogens is 1. The first-order chi connectivity index (χ1) is 7.91. The van der Waals surface area contributed by atoms with Crippen LogP contribution >= 0.6 is 0 Å². The topological polar surface area (TPSA) is 88.4 Å². The first-order valence-electron chi connectivity index (χ1n) is 5.14. The molecule has 0 unspecified atom stereocenters. The number of nitrogens with zero attached hydrogens (tertiary/aromatic N) is 1. The summed E-state index contributed by atoms with van der Waals surface area (Å²) in [5.41, 5.74) is -1.02. The minimum Gasteiger partial charge on any atom is -0.477 e. The molecule has 6 heteroatoms. The monoisotopic (exact) mass is 238 g/mol. The first kappa shape index (κ1) is 13.0. The maximum absolute atomic E-state index is 11.6. The highest BCUT2D eigenvalue weighted by atomic mass is 16.4. The van der Waals surface area contributed by atoms with E-state index < -0.39 is 11.5 Å². The molecule has 92 valence electrons. The molecule has 1 rings (SSSR count). The normalized spacial score (nSPS) is 10.3. The fourth-order valence-corrected chi connectivity index (χ4v) is 1.35. The Labute approximate surface area is 97.9 Å². The number of carboxylic acid groups (broad SMARTS) is 1. The Morgan fingerprint density at radius 3 is 2.65 bits per heavy atom.